The van der Waals surface area contributed by atoms with E-state index in [-0.39, 0.29) is 42.9 Å². The lowest BCUT2D eigenvalue weighted by Gasteiger charge is -2.34. The highest BCUT2D eigenvalue weighted by atomic mass is 16.4. The number of aliphatic carboxylic acids is 1. The fourth-order valence-corrected chi connectivity index (χ4v) is 3.79. The number of carboxylic acid groups (broad SMARTS) is 1. The molecule has 0 saturated carbocycles. The molecule has 1 aliphatic rings. The van der Waals surface area contributed by atoms with Crippen LogP contribution in [-0.4, -0.2) is 66.0 Å². The Morgan fingerprint density at radius 3 is 2.46 bits per heavy atom. The first-order valence-corrected chi connectivity index (χ1v) is 9.36. The van der Waals surface area contributed by atoms with Crippen molar-refractivity contribution >= 4 is 24.5 Å². The highest BCUT2D eigenvalue weighted by molar-refractivity contribution is 6.40. The summed E-state index contributed by atoms with van der Waals surface area (Å²) >= 11 is 0. The van der Waals surface area contributed by atoms with Crippen LogP contribution in [0.25, 0.3) is 0 Å². The summed E-state index contributed by atoms with van der Waals surface area (Å²) in [5, 5.41) is 27.7. The summed E-state index contributed by atoms with van der Waals surface area (Å²) in [6.07, 6.45) is 0.836. The molecule has 0 radical (unpaired) electrons. The molecule has 1 fully saturated rings. The van der Waals surface area contributed by atoms with Crippen molar-refractivity contribution in [3.8, 4) is 0 Å². The first kappa shape index (κ1) is 22.3. The van der Waals surface area contributed by atoms with Crippen LogP contribution in [0, 0.1) is 5.92 Å². The van der Waals surface area contributed by atoms with E-state index in [1.54, 1.807) is 23.8 Å². The van der Waals surface area contributed by atoms with Gasteiger partial charge in [0.1, 0.15) is 16.9 Å². The standard InChI is InChI=1S/C17H29BN4O6/c1-9(19)10(2)21(3)12-13(15(24)14(12)23)22-7-11(5-4-6-18(27)28)17(20,8-22)16(25)26/h9-11,27-28H,4-8,19-20H2,1-3H3,(H,25,26)/t9?,10?,11-,17-/m0/s1. The Morgan fingerprint density at radius 2 is 1.96 bits per heavy atom. The van der Waals surface area contributed by atoms with Gasteiger partial charge in [0, 0.05) is 38.1 Å². The van der Waals surface area contributed by atoms with Crippen LogP contribution in [0.5, 0.6) is 0 Å². The van der Waals surface area contributed by atoms with Crippen molar-refractivity contribution in [3.63, 3.8) is 0 Å². The Kier molecular flexibility index (Phi) is 6.54. The Balaban J connectivity index is 2.30. The quantitative estimate of drug-likeness (QED) is 0.231. The van der Waals surface area contributed by atoms with Gasteiger partial charge in [0.2, 0.25) is 0 Å². The van der Waals surface area contributed by atoms with Gasteiger partial charge >= 0.3 is 13.1 Å². The number of nitrogens with two attached hydrogens (primary N) is 2. The molecule has 0 bridgehead atoms. The number of likely N-dealkylation sites (N-methyl/N-ethyl adjacent to an activating group) is 1. The van der Waals surface area contributed by atoms with Crippen LogP contribution in [0.3, 0.4) is 0 Å². The number of carboxylic acids is 1. The van der Waals surface area contributed by atoms with E-state index >= 15 is 0 Å². The maximum Gasteiger partial charge on any atom is 0.451 e. The number of rotatable bonds is 9. The fraction of sp³-hybridized carbons (Fsp3) is 0.706. The van der Waals surface area contributed by atoms with Crippen LogP contribution in [-0.2, 0) is 4.79 Å². The van der Waals surface area contributed by atoms with Crippen LogP contribution in [0.4, 0.5) is 11.4 Å². The molecule has 7 N–H and O–H groups in total. The van der Waals surface area contributed by atoms with Crippen LogP contribution in [0.1, 0.15) is 26.7 Å². The van der Waals surface area contributed by atoms with Crippen LogP contribution in [0.15, 0.2) is 9.59 Å². The third-order valence-corrected chi connectivity index (χ3v) is 5.94. The van der Waals surface area contributed by atoms with E-state index in [9.17, 15) is 19.5 Å². The zero-order valence-electron chi connectivity index (χ0n) is 16.5. The molecule has 1 aromatic carbocycles. The van der Waals surface area contributed by atoms with E-state index in [0.717, 1.165) is 0 Å². The van der Waals surface area contributed by atoms with Gasteiger partial charge in [0.15, 0.2) is 0 Å². The molecule has 156 valence electrons. The number of anilines is 2. The van der Waals surface area contributed by atoms with Crippen molar-refractivity contribution in [1.29, 1.82) is 0 Å². The summed E-state index contributed by atoms with van der Waals surface area (Å²) in [5.41, 5.74) is 9.61. The van der Waals surface area contributed by atoms with Crippen LogP contribution >= 0.6 is 0 Å². The highest BCUT2D eigenvalue weighted by Crippen LogP contribution is 2.36. The lowest BCUT2D eigenvalue weighted by molar-refractivity contribution is -0.144. The predicted molar refractivity (Wildman–Crippen MR) is 107 cm³/mol. The van der Waals surface area contributed by atoms with Gasteiger partial charge in [-0.3, -0.25) is 14.4 Å². The SMILES string of the molecule is CC(N)C(C)N(C)c1c(N2C[C@H](CCCB(O)O)[C@](N)(C(=O)O)C2)c(=O)c1=O. The van der Waals surface area contributed by atoms with E-state index in [4.69, 9.17) is 21.5 Å². The van der Waals surface area contributed by atoms with E-state index in [1.165, 1.54) is 0 Å². The van der Waals surface area contributed by atoms with Crippen molar-refractivity contribution < 1.29 is 19.9 Å². The summed E-state index contributed by atoms with van der Waals surface area (Å²) in [4.78, 5) is 39.5. The summed E-state index contributed by atoms with van der Waals surface area (Å²) in [6, 6.07) is -0.445. The largest absolute Gasteiger partial charge is 0.480 e. The van der Waals surface area contributed by atoms with Gasteiger partial charge in [-0.1, -0.05) is 6.42 Å². The molecule has 11 heteroatoms. The molecule has 1 aliphatic heterocycles. The summed E-state index contributed by atoms with van der Waals surface area (Å²) in [7, 11) is 0.208. The summed E-state index contributed by atoms with van der Waals surface area (Å²) < 4.78 is 0. The minimum Gasteiger partial charge on any atom is -0.480 e. The van der Waals surface area contributed by atoms with Gasteiger partial charge in [-0.2, -0.15) is 0 Å². The Morgan fingerprint density at radius 1 is 1.36 bits per heavy atom. The molecule has 0 aromatic heterocycles. The van der Waals surface area contributed by atoms with Gasteiger partial charge in [0.05, 0.1) is 0 Å². The molecule has 2 rings (SSSR count). The Labute approximate surface area is 163 Å². The van der Waals surface area contributed by atoms with Crippen LogP contribution < -0.4 is 32.1 Å². The maximum absolute atomic E-state index is 12.3. The topological polar surface area (TPSA) is 170 Å². The minimum absolute atomic E-state index is 0.103. The number of hydrogen-bond acceptors (Lipinski definition) is 9. The third-order valence-electron chi connectivity index (χ3n) is 5.94. The lowest BCUT2D eigenvalue weighted by Crippen LogP contribution is -2.55. The van der Waals surface area contributed by atoms with Gasteiger partial charge in [0.25, 0.3) is 10.9 Å². The van der Waals surface area contributed by atoms with E-state index in [2.05, 4.69) is 0 Å². The first-order valence-electron chi connectivity index (χ1n) is 9.36. The Hall–Kier alpha value is -1.95. The van der Waals surface area contributed by atoms with Gasteiger partial charge in [-0.25, -0.2) is 0 Å². The van der Waals surface area contributed by atoms with Crippen molar-refractivity contribution in [2.45, 2.75) is 50.6 Å². The highest BCUT2D eigenvalue weighted by Gasteiger charge is 2.51. The lowest BCUT2D eigenvalue weighted by atomic mass is 9.78. The summed E-state index contributed by atoms with van der Waals surface area (Å²) in [6.45, 7) is 3.72. The number of nitrogens with zero attached hydrogens (tertiary/aromatic N) is 2. The fourth-order valence-electron chi connectivity index (χ4n) is 3.79. The van der Waals surface area contributed by atoms with Crippen molar-refractivity contribution in [2.24, 2.45) is 17.4 Å². The second kappa shape index (κ2) is 8.20. The average Bonchev–Trinajstić information content (AvgIpc) is 2.94. The first-order chi connectivity index (χ1) is 12.9. The molecule has 2 unspecified atom stereocenters. The molecule has 0 aliphatic carbocycles. The van der Waals surface area contributed by atoms with Gasteiger partial charge in [-0.05, 0) is 26.6 Å². The molecule has 1 aromatic rings. The predicted octanol–water partition coefficient (Wildman–Crippen LogP) is -2.07. The zero-order chi connectivity index (χ0) is 21.4. The molecular weight excluding hydrogens is 367 g/mol. The smallest absolute Gasteiger partial charge is 0.451 e. The van der Waals surface area contributed by atoms with Crippen molar-refractivity contribution in [1.82, 2.24) is 0 Å². The normalized spacial score (nSPS) is 24.4. The molecule has 0 amide bonds. The second-order valence-corrected chi connectivity index (χ2v) is 7.90. The molecule has 1 saturated heterocycles. The second-order valence-electron chi connectivity index (χ2n) is 7.90. The molecular formula is C17H29BN4O6. The molecule has 4 atom stereocenters. The maximum atomic E-state index is 12.3. The molecule has 10 nitrogen and oxygen atoms in total. The zero-order valence-corrected chi connectivity index (χ0v) is 16.5. The van der Waals surface area contributed by atoms with Gasteiger partial charge < -0.3 is 36.4 Å². The number of carbonyl (C=O) groups is 1. The summed E-state index contributed by atoms with van der Waals surface area (Å²) in [5.74, 6) is -1.70. The van der Waals surface area contributed by atoms with E-state index in [1.807, 2.05) is 6.92 Å². The molecule has 28 heavy (non-hydrogen) atoms. The van der Waals surface area contributed by atoms with Crippen molar-refractivity contribution in [2.75, 3.05) is 29.9 Å². The molecule has 0 spiro atoms. The number of hydrogen-bond donors (Lipinski definition) is 5. The molecule has 1 heterocycles. The van der Waals surface area contributed by atoms with Gasteiger partial charge in [-0.15, -0.1) is 0 Å². The van der Waals surface area contributed by atoms with Crippen LogP contribution in [0.2, 0.25) is 6.32 Å². The minimum atomic E-state index is -1.59. The van der Waals surface area contributed by atoms with E-state index in [0.29, 0.717) is 12.8 Å². The monoisotopic (exact) mass is 396 g/mol. The average molecular weight is 396 g/mol. The third kappa shape index (κ3) is 3.93. The van der Waals surface area contributed by atoms with E-state index < -0.39 is 35.4 Å². The van der Waals surface area contributed by atoms with Crippen molar-refractivity contribution in [3.05, 3.63) is 20.4 Å². The Bertz CT molecular complexity index is 793.